The van der Waals surface area contributed by atoms with Crippen LogP contribution >= 0.6 is 11.3 Å². The first-order chi connectivity index (χ1) is 14.8. The van der Waals surface area contributed by atoms with Crippen LogP contribution in [0, 0.1) is 12.8 Å². The van der Waals surface area contributed by atoms with Crippen molar-refractivity contribution >= 4 is 39.9 Å². The molecule has 8 nitrogen and oxygen atoms in total. The molecule has 9 heteroatoms. The smallest absolute Gasteiger partial charge is 0.325 e. The number of ketones is 1. The molecule has 31 heavy (non-hydrogen) atoms. The van der Waals surface area contributed by atoms with E-state index in [4.69, 9.17) is 0 Å². The lowest BCUT2D eigenvalue weighted by Crippen LogP contribution is -2.32. The van der Waals surface area contributed by atoms with Crippen molar-refractivity contribution in [3.63, 3.8) is 0 Å². The Bertz CT molecular complexity index is 950. The Balaban J connectivity index is 1.59. The van der Waals surface area contributed by atoms with Crippen LogP contribution in [0.15, 0.2) is 23.6 Å². The Labute approximate surface area is 186 Å². The fourth-order valence-electron chi connectivity index (χ4n) is 3.61. The molecule has 0 unspecified atom stereocenters. The predicted octanol–water partition coefficient (Wildman–Crippen LogP) is 3.65. The normalized spacial score (nSPS) is 13.9. The molecule has 1 heterocycles. The number of hydrogen-bond donors (Lipinski definition) is 3. The predicted molar refractivity (Wildman–Crippen MR) is 123 cm³/mol. The van der Waals surface area contributed by atoms with Crippen molar-refractivity contribution in [3.05, 3.63) is 40.4 Å². The van der Waals surface area contributed by atoms with Crippen molar-refractivity contribution in [2.24, 2.45) is 5.92 Å². The summed E-state index contributed by atoms with van der Waals surface area (Å²) in [6.45, 7) is 2.53. The highest BCUT2D eigenvalue weighted by molar-refractivity contribution is 7.13. The minimum absolute atomic E-state index is 0.0367. The van der Waals surface area contributed by atoms with Crippen molar-refractivity contribution in [1.82, 2.24) is 15.2 Å². The van der Waals surface area contributed by atoms with Crippen molar-refractivity contribution in [2.75, 3.05) is 31.3 Å². The summed E-state index contributed by atoms with van der Waals surface area (Å²) in [5, 5.41) is 10.5. The quantitative estimate of drug-likeness (QED) is 0.541. The average molecular weight is 444 g/mol. The average Bonchev–Trinajstić information content (AvgIpc) is 3.39. The maximum atomic E-state index is 12.9. The Morgan fingerprint density at radius 1 is 1.16 bits per heavy atom. The maximum absolute atomic E-state index is 12.9. The molecule has 2 aromatic rings. The van der Waals surface area contributed by atoms with Gasteiger partial charge in [-0.05, 0) is 46.0 Å². The third-order valence-electron chi connectivity index (χ3n) is 5.11. The lowest BCUT2D eigenvalue weighted by atomic mass is 9.94. The van der Waals surface area contributed by atoms with Crippen LogP contribution in [0.3, 0.4) is 0 Å². The molecule has 0 atom stereocenters. The number of amides is 3. The molecule has 1 aromatic carbocycles. The molecule has 3 amide bonds. The van der Waals surface area contributed by atoms with E-state index in [9.17, 15) is 14.4 Å². The van der Waals surface area contributed by atoms with Crippen LogP contribution < -0.4 is 16.0 Å². The summed E-state index contributed by atoms with van der Waals surface area (Å²) in [6.07, 6.45) is 3.97. The van der Waals surface area contributed by atoms with Crippen molar-refractivity contribution < 1.29 is 14.4 Å². The summed E-state index contributed by atoms with van der Waals surface area (Å²) in [4.78, 5) is 43.3. The van der Waals surface area contributed by atoms with E-state index in [2.05, 4.69) is 20.9 Å². The number of Topliss-reactive ketones (excluding diaryl/α,β-unsaturated/α-hetero) is 1. The van der Waals surface area contributed by atoms with Gasteiger partial charge in [-0.3, -0.25) is 14.9 Å². The molecule has 1 aliphatic rings. The molecule has 166 valence electrons. The number of hydrogen-bond acceptors (Lipinski definition) is 6. The number of carbonyl (C=O) groups is 3. The summed E-state index contributed by atoms with van der Waals surface area (Å²) < 4.78 is 0. The maximum Gasteiger partial charge on any atom is 0.325 e. The van der Waals surface area contributed by atoms with Crippen molar-refractivity contribution in [3.8, 4) is 0 Å². The lowest BCUT2D eigenvalue weighted by molar-refractivity contribution is -0.121. The van der Waals surface area contributed by atoms with Crippen LogP contribution in [-0.4, -0.2) is 48.2 Å². The van der Waals surface area contributed by atoms with Crippen LogP contribution in [0.25, 0.3) is 0 Å². The number of urea groups is 1. The fourth-order valence-corrected chi connectivity index (χ4v) is 4.31. The summed E-state index contributed by atoms with van der Waals surface area (Å²) in [6, 6.07) is 5.03. The van der Waals surface area contributed by atoms with Gasteiger partial charge in [0.05, 0.1) is 24.5 Å². The number of likely N-dealkylation sites (N-methyl/N-ethyl adjacent to an activating group) is 1. The fraction of sp³-hybridized carbons (Fsp3) is 0.455. The zero-order chi connectivity index (χ0) is 22.4. The Hall–Kier alpha value is -2.78. The van der Waals surface area contributed by atoms with E-state index in [1.807, 2.05) is 33.2 Å². The molecule has 1 saturated carbocycles. The number of rotatable bonds is 8. The van der Waals surface area contributed by atoms with Gasteiger partial charge in [-0.2, -0.15) is 0 Å². The second-order valence-electron chi connectivity index (χ2n) is 8.13. The van der Waals surface area contributed by atoms with Gasteiger partial charge in [0, 0.05) is 16.9 Å². The van der Waals surface area contributed by atoms with Crippen LogP contribution in [0.1, 0.15) is 47.3 Å². The van der Waals surface area contributed by atoms with Crippen LogP contribution in [0.2, 0.25) is 0 Å². The van der Waals surface area contributed by atoms with Gasteiger partial charge in [-0.25, -0.2) is 9.78 Å². The van der Waals surface area contributed by atoms with Crippen molar-refractivity contribution in [2.45, 2.75) is 39.2 Å². The molecule has 1 aromatic heterocycles. The molecule has 0 saturated heterocycles. The minimum Gasteiger partial charge on any atom is -0.349 e. The molecule has 1 fully saturated rings. The molecule has 3 N–H and O–H groups in total. The Morgan fingerprint density at radius 3 is 2.61 bits per heavy atom. The molecule has 0 spiro atoms. The van der Waals surface area contributed by atoms with Crippen LogP contribution in [0.4, 0.5) is 15.6 Å². The molecular weight excluding hydrogens is 414 g/mol. The van der Waals surface area contributed by atoms with E-state index >= 15 is 0 Å². The van der Waals surface area contributed by atoms with E-state index in [-0.39, 0.29) is 17.6 Å². The Kier molecular flexibility index (Phi) is 7.75. The molecule has 0 aliphatic heterocycles. The summed E-state index contributed by atoms with van der Waals surface area (Å²) >= 11 is 1.28. The van der Waals surface area contributed by atoms with E-state index in [1.54, 1.807) is 16.3 Å². The van der Waals surface area contributed by atoms with E-state index in [0.29, 0.717) is 35.2 Å². The SMILES string of the molecule is Cc1ccc(NC(=O)Nc2nc(CNC(=O)CN(C)C)cs2)c(C(=O)C2CCCC2)c1. The second-order valence-corrected chi connectivity index (χ2v) is 8.99. The third kappa shape index (κ3) is 6.60. The Morgan fingerprint density at radius 2 is 1.90 bits per heavy atom. The number of nitrogens with zero attached hydrogens (tertiary/aromatic N) is 2. The number of aryl methyl sites for hydroxylation is 1. The van der Waals surface area contributed by atoms with E-state index in [1.165, 1.54) is 11.3 Å². The standard InChI is InChI=1S/C22H29N5O3S/c1-14-8-9-18(17(10-14)20(29)15-6-4-5-7-15)25-21(30)26-22-24-16(13-31-22)11-23-19(28)12-27(2)3/h8-10,13,15H,4-7,11-12H2,1-3H3,(H,23,28)(H2,24,25,26,30). The monoisotopic (exact) mass is 443 g/mol. The molecule has 3 rings (SSSR count). The second kappa shape index (κ2) is 10.5. The minimum atomic E-state index is -0.457. The zero-order valence-electron chi connectivity index (χ0n) is 18.2. The van der Waals surface area contributed by atoms with Gasteiger partial charge in [0.2, 0.25) is 5.91 Å². The largest absolute Gasteiger partial charge is 0.349 e. The topological polar surface area (TPSA) is 103 Å². The highest BCUT2D eigenvalue weighted by Crippen LogP contribution is 2.31. The summed E-state index contributed by atoms with van der Waals surface area (Å²) in [5.41, 5.74) is 2.71. The number of aromatic nitrogens is 1. The van der Waals surface area contributed by atoms with E-state index in [0.717, 1.165) is 31.2 Å². The highest BCUT2D eigenvalue weighted by Gasteiger charge is 2.26. The van der Waals surface area contributed by atoms with Gasteiger partial charge in [-0.15, -0.1) is 11.3 Å². The summed E-state index contributed by atoms with van der Waals surface area (Å²) in [7, 11) is 3.65. The van der Waals surface area contributed by atoms with Crippen LogP contribution in [-0.2, 0) is 11.3 Å². The number of carbonyl (C=O) groups excluding carboxylic acids is 3. The number of thiazole rings is 1. The number of benzene rings is 1. The van der Waals surface area contributed by atoms with Gasteiger partial charge in [0.1, 0.15) is 0 Å². The lowest BCUT2D eigenvalue weighted by Gasteiger charge is -2.14. The van der Waals surface area contributed by atoms with Gasteiger partial charge < -0.3 is 15.5 Å². The van der Waals surface area contributed by atoms with Crippen molar-refractivity contribution in [1.29, 1.82) is 0 Å². The highest BCUT2D eigenvalue weighted by atomic mass is 32.1. The first-order valence-corrected chi connectivity index (χ1v) is 11.3. The zero-order valence-corrected chi connectivity index (χ0v) is 19.0. The number of nitrogens with one attached hydrogen (secondary N) is 3. The first kappa shape index (κ1) is 22.9. The number of anilines is 2. The van der Waals surface area contributed by atoms with Gasteiger partial charge in [-0.1, -0.05) is 24.5 Å². The molecule has 1 aliphatic carbocycles. The van der Waals surface area contributed by atoms with E-state index < -0.39 is 6.03 Å². The van der Waals surface area contributed by atoms with Gasteiger partial charge >= 0.3 is 6.03 Å². The molecule has 0 bridgehead atoms. The van der Waals surface area contributed by atoms with Crippen LogP contribution in [0.5, 0.6) is 0 Å². The molecule has 0 radical (unpaired) electrons. The third-order valence-corrected chi connectivity index (χ3v) is 5.92. The summed E-state index contributed by atoms with van der Waals surface area (Å²) in [5.74, 6) is 0.0419. The first-order valence-electron chi connectivity index (χ1n) is 10.4. The van der Waals surface area contributed by atoms with Gasteiger partial charge in [0.15, 0.2) is 10.9 Å². The molecular formula is C22H29N5O3S. The van der Waals surface area contributed by atoms with Gasteiger partial charge in [0.25, 0.3) is 0 Å².